The van der Waals surface area contributed by atoms with Gasteiger partial charge >= 0.3 is 0 Å². The summed E-state index contributed by atoms with van der Waals surface area (Å²) in [6, 6.07) is 12.2. The Bertz CT molecular complexity index is 1090. The second kappa shape index (κ2) is 7.61. The number of halogens is 2. The zero-order valence-electron chi connectivity index (χ0n) is 15.3. The van der Waals surface area contributed by atoms with Crippen LogP contribution in [0.4, 0.5) is 8.78 Å². The highest BCUT2D eigenvalue weighted by Gasteiger charge is 2.35. The molecule has 0 fully saturated rings. The lowest BCUT2D eigenvalue weighted by atomic mass is 9.82. The van der Waals surface area contributed by atoms with Gasteiger partial charge in [-0.2, -0.15) is 5.26 Å². The Hall–Kier alpha value is -3.53. The van der Waals surface area contributed by atoms with Gasteiger partial charge in [0.05, 0.1) is 17.7 Å². The number of nitrogens with one attached hydrogen (secondary N) is 1. The molecule has 0 atom stereocenters. The third-order valence-electron chi connectivity index (χ3n) is 4.36. The van der Waals surface area contributed by atoms with Crippen LogP contribution in [0.25, 0.3) is 10.9 Å². The molecule has 142 valence electrons. The molecule has 0 bridgehead atoms. The van der Waals surface area contributed by atoms with Gasteiger partial charge in [-0.25, -0.2) is 13.8 Å². The van der Waals surface area contributed by atoms with Gasteiger partial charge in [-0.1, -0.05) is 18.2 Å². The summed E-state index contributed by atoms with van der Waals surface area (Å²) in [5, 5.41) is 11.6. The quantitative estimate of drug-likeness (QED) is 0.672. The molecule has 3 aromatic rings. The minimum Gasteiger partial charge on any atom is -0.455 e. The van der Waals surface area contributed by atoms with Gasteiger partial charge in [-0.15, -0.1) is 0 Å². The summed E-state index contributed by atoms with van der Waals surface area (Å²) in [7, 11) is 0. The van der Waals surface area contributed by atoms with Crippen molar-refractivity contribution in [2.45, 2.75) is 19.3 Å². The standard InChI is InChI=1S/C21H17F2N3O2/c1-21(2,20(27)25-10-9-24)18-15(22)6-4-8-17(18)28-14-11-13-5-3-7-16(23)19(13)26-12-14/h3-8,11-12H,10H2,1-2H3,(H,25,27). The highest BCUT2D eigenvalue weighted by atomic mass is 19.1. The van der Waals surface area contributed by atoms with E-state index in [1.807, 2.05) is 6.07 Å². The first kappa shape index (κ1) is 19.2. The molecular weight excluding hydrogens is 364 g/mol. The number of amides is 1. The van der Waals surface area contributed by atoms with E-state index in [1.54, 1.807) is 32.0 Å². The number of carbonyl (C=O) groups excluding carboxylic acids is 1. The molecule has 7 heteroatoms. The second-order valence-corrected chi connectivity index (χ2v) is 6.66. The van der Waals surface area contributed by atoms with Crippen molar-refractivity contribution in [1.82, 2.24) is 10.3 Å². The summed E-state index contributed by atoms with van der Waals surface area (Å²) >= 11 is 0. The zero-order chi connectivity index (χ0) is 20.3. The summed E-state index contributed by atoms with van der Waals surface area (Å²) in [6.07, 6.45) is 1.34. The van der Waals surface area contributed by atoms with Crippen LogP contribution >= 0.6 is 0 Å². The Balaban J connectivity index is 2.01. The minimum atomic E-state index is -1.30. The molecular formula is C21H17F2N3O2. The number of ether oxygens (including phenoxy) is 1. The Morgan fingerprint density at radius 1 is 1.21 bits per heavy atom. The number of fused-ring (bicyclic) bond motifs is 1. The predicted octanol–water partition coefficient (Wildman–Crippen LogP) is 4.22. The highest BCUT2D eigenvalue weighted by molar-refractivity contribution is 5.88. The molecule has 0 saturated carbocycles. The third kappa shape index (κ3) is 3.62. The van der Waals surface area contributed by atoms with Crippen LogP contribution in [0.1, 0.15) is 19.4 Å². The fourth-order valence-corrected chi connectivity index (χ4v) is 2.94. The first-order chi connectivity index (χ1) is 13.3. The highest BCUT2D eigenvalue weighted by Crippen LogP contribution is 2.37. The molecule has 0 aliphatic rings. The first-order valence-electron chi connectivity index (χ1n) is 8.51. The summed E-state index contributed by atoms with van der Waals surface area (Å²) in [5.74, 6) is -1.17. The number of nitrogens with zero attached hydrogens (tertiary/aromatic N) is 2. The average molecular weight is 381 g/mol. The molecule has 28 heavy (non-hydrogen) atoms. The van der Waals surface area contributed by atoms with Crippen molar-refractivity contribution in [2.24, 2.45) is 0 Å². The first-order valence-corrected chi connectivity index (χ1v) is 8.51. The maximum Gasteiger partial charge on any atom is 0.231 e. The van der Waals surface area contributed by atoms with Crippen molar-refractivity contribution in [3.8, 4) is 17.6 Å². The van der Waals surface area contributed by atoms with Crippen molar-refractivity contribution >= 4 is 16.8 Å². The fraction of sp³-hybridized carbons (Fsp3) is 0.190. The largest absolute Gasteiger partial charge is 0.455 e. The predicted molar refractivity (Wildman–Crippen MR) is 99.8 cm³/mol. The van der Waals surface area contributed by atoms with Gasteiger partial charge in [0.25, 0.3) is 0 Å². The van der Waals surface area contributed by atoms with Gasteiger partial charge in [0.2, 0.25) is 5.91 Å². The van der Waals surface area contributed by atoms with Crippen LogP contribution in [-0.2, 0) is 10.2 Å². The summed E-state index contributed by atoms with van der Waals surface area (Å²) in [5.41, 5.74) is -1.05. The van der Waals surface area contributed by atoms with Crippen molar-refractivity contribution in [3.05, 3.63) is 65.9 Å². The zero-order valence-corrected chi connectivity index (χ0v) is 15.3. The Kier molecular flexibility index (Phi) is 5.23. The van der Waals surface area contributed by atoms with E-state index in [1.165, 1.54) is 30.5 Å². The smallest absolute Gasteiger partial charge is 0.231 e. The number of aromatic nitrogens is 1. The lowest BCUT2D eigenvalue weighted by Crippen LogP contribution is -2.41. The number of rotatable bonds is 5. The van der Waals surface area contributed by atoms with E-state index >= 15 is 0 Å². The van der Waals surface area contributed by atoms with E-state index in [0.717, 1.165) is 0 Å². The minimum absolute atomic E-state index is 0.0461. The van der Waals surface area contributed by atoms with Gasteiger partial charge in [0.1, 0.15) is 35.2 Å². The normalized spacial score (nSPS) is 11.1. The van der Waals surface area contributed by atoms with Crippen LogP contribution in [0.2, 0.25) is 0 Å². The summed E-state index contributed by atoms with van der Waals surface area (Å²) in [4.78, 5) is 16.5. The molecule has 0 radical (unpaired) electrons. The van der Waals surface area contributed by atoms with Crippen molar-refractivity contribution in [2.75, 3.05) is 6.54 Å². The Labute approximate surface area is 160 Å². The van der Waals surface area contributed by atoms with Crippen molar-refractivity contribution < 1.29 is 18.3 Å². The third-order valence-corrected chi connectivity index (χ3v) is 4.36. The molecule has 0 spiro atoms. The van der Waals surface area contributed by atoms with E-state index in [9.17, 15) is 13.6 Å². The van der Waals surface area contributed by atoms with E-state index < -0.39 is 23.0 Å². The van der Waals surface area contributed by atoms with Crippen LogP contribution in [0, 0.1) is 23.0 Å². The molecule has 0 saturated heterocycles. The van der Waals surface area contributed by atoms with Gasteiger partial charge in [-0.05, 0) is 38.1 Å². The average Bonchev–Trinajstić information content (AvgIpc) is 2.66. The molecule has 5 nitrogen and oxygen atoms in total. The summed E-state index contributed by atoms with van der Waals surface area (Å²) in [6.45, 7) is 2.89. The molecule has 1 aromatic heterocycles. The molecule has 0 unspecified atom stereocenters. The summed E-state index contributed by atoms with van der Waals surface area (Å²) < 4.78 is 34.2. The van der Waals surface area contributed by atoms with Crippen LogP contribution in [-0.4, -0.2) is 17.4 Å². The molecule has 0 aliphatic carbocycles. The Morgan fingerprint density at radius 3 is 2.68 bits per heavy atom. The van der Waals surface area contributed by atoms with Crippen LogP contribution in [0.5, 0.6) is 11.5 Å². The number of hydrogen-bond acceptors (Lipinski definition) is 4. The molecule has 1 amide bonds. The topological polar surface area (TPSA) is 75.0 Å². The van der Waals surface area contributed by atoms with Gasteiger partial charge in [0.15, 0.2) is 0 Å². The van der Waals surface area contributed by atoms with E-state index in [2.05, 4.69) is 10.3 Å². The van der Waals surface area contributed by atoms with Crippen LogP contribution in [0.15, 0.2) is 48.7 Å². The number of carbonyl (C=O) groups is 1. The van der Waals surface area contributed by atoms with Crippen molar-refractivity contribution in [1.29, 1.82) is 5.26 Å². The molecule has 1 heterocycles. The lowest BCUT2D eigenvalue weighted by molar-refractivity contribution is -0.125. The Morgan fingerprint density at radius 2 is 1.93 bits per heavy atom. The van der Waals surface area contributed by atoms with Gasteiger partial charge < -0.3 is 10.1 Å². The van der Waals surface area contributed by atoms with Crippen molar-refractivity contribution in [3.63, 3.8) is 0 Å². The maximum absolute atomic E-state index is 14.6. The number of pyridine rings is 1. The monoisotopic (exact) mass is 381 g/mol. The maximum atomic E-state index is 14.6. The van der Waals surface area contributed by atoms with Gasteiger partial charge in [-0.3, -0.25) is 4.79 Å². The fourth-order valence-electron chi connectivity index (χ4n) is 2.94. The lowest BCUT2D eigenvalue weighted by Gasteiger charge is -2.26. The molecule has 0 aliphatic heterocycles. The van der Waals surface area contributed by atoms with E-state index in [-0.39, 0.29) is 29.1 Å². The molecule has 3 rings (SSSR count). The molecule has 1 N–H and O–H groups in total. The second-order valence-electron chi connectivity index (χ2n) is 6.66. The van der Waals surface area contributed by atoms with E-state index in [0.29, 0.717) is 5.39 Å². The van der Waals surface area contributed by atoms with Crippen LogP contribution < -0.4 is 10.1 Å². The SMILES string of the molecule is CC(C)(C(=O)NCC#N)c1c(F)cccc1Oc1cnc2c(F)cccc2c1. The number of para-hydroxylation sites is 1. The number of nitriles is 1. The molecule has 2 aromatic carbocycles. The number of hydrogen-bond donors (Lipinski definition) is 1. The number of benzene rings is 2. The van der Waals surface area contributed by atoms with Crippen LogP contribution in [0.3, 0.4) is 0 Å². The van der Waals surface area contributed by atoms with Gasteiger partial charge in [0, 0.05) is 10.9 Å². The van der Waals surface area contributed by atoms with E-state index in [4.69, 9.17) is 10.00 Å².